The zero-order valence-electron chi connectivity index (χ0n) is 24.4. The summed E-state index contributed by atoms with van der Waals surface area (Å²) in [4.78, 5) is 29.7. The lowest BCUT2D eigenvalue weighted by atomic mass is 9.75. The number of carbonyl (C=O) groups is 1. The molecule has 2 aromatic carbocycles. The molecule has 3 aromatic rings. The van der Waals surface area contributed by atoms with Crippen molar-refractivity contribution in [2.45, 2.75) is 78.8 Å². The largest absolute Gasteiger partial charge is 0.497 e. The number of hydrogen-bond donors (Lipinski definition) is 1. The number of amides is 1. The summed E-state index contributed by atoms with van der Waals surface area (Å²) in [5, 5.41) is 4.09. The third-order valence-electron chi connectivity index (χ3n) is 8.16. The highest BCUT2D eigenvalue weighted by atomic mass is 16.5. The number of carbonyl (C=O) groups excluding carboxylic acids is 1. The van der Waals surface area contributed by atoms with Gasteiger partial charge < -0.3 is 19.5 Å². The second kappa shape index (κ2) is 12.8. The minimum Gasteiger partial charge on any atom is -0.497 e. The van der Waals surface area contributed by atoms with E-state index in [2.05, 4.69) is 50.0 Å². The van der Waals surface area contributed by atoms with Gasteiger partial charge in [0, 0.05) is 19.1 Å². The Kier molecular flexibility index (Phi) is 9.49. The Hall–Kier alpha value is -3.12. The van der Waals surface area contributed by atoms with E-state index in [1.165, 1.54) is 0 Å². The van der Waals surface area contributed by atoms with Gasteiger partial charge in [0.2, 0.25) is 0 Å². The molecule has 210 valence electrons. The third-order valence-corrected chi connectivity index (χ3v) is 8.16. The zero-order valence-corrected chi connectivity index (χ0v) is 24.4. The lowest BCUT2D eigenvalue weighted by Crippen LogP contribution is -2.42. The molecule has 6 heteroatoms. The molecule has 0 bridgehead atoms. The molecular weight excluding hydrogens is 486 g/mol. The second-order valence-corrected chi connectivity index (χ2v) is 11.8. The Bertz CT molecular complexity index is 1310. The molecule has 0 spiro atoms. The van der Waals surface area contributed by atoms with Gasteiger partial charge in [-0.05, 0) is 104 Å². The first-order chi connectivity index (χ1) is 18.7. The Morgan fingerprint density at radius 2 is 1.62 bits per heavy atom. The molecule has 0 atom stereocenters. The summed E-state index contributed by atoms with van der Waals surface area (Å²) in [6.45, 7) is 12.3. The molecule has 4 rings (SSSR count). The molecule has 39 heavy (non-hydrogen) atoms. The van der Waals surface area contributed by atoms with E-state index >= 15 is 0 Å². The summed E-state index contributed by atoms with van der Waals surface area (Å²) in [5.41, 5.74) is 3.30. The van der Waals surface area contributed by atoms with Crippen LogP contribution in [0, 0.1) is 5.41 Å². The number of aromatic nitrogens is 1. The van der Waals surface area contributed by atoms with Gasteiger partial charge in [-0.15, -0.1) is 0 Å². The van der Waals surface area contributed by atoms with Crippen LogP contribution in [0.15, 0.2) is 53.3 Å². The zero-order chi connectivity index (χ0) is 28.0. The van der Waals surface area contributed by atoms with Crippen LogP contribution in [-0.4, -0.2) is 48.2 Å². The maximum absolute atomic E-state index is 13.8. The van der Waals surface area contributed by atoms with Gasteiger partial charge in [0.1, 0.15) is 11.3 Å². The topological polar surface area (TPSA) is 63.6 Å². The maximum Gasteiger partial charge on any atom is 0.263 e. The van der Waals surface area contributed by atoms with Gasteiger partial charge in [-0.3, -0.25) is 9.59 Å². The van der Waals surface area contributed by atoms with E-state index in [0.29, 0.717) is 12.0 Å². The summed E-state index contributed by atoms with van der Waals surface area (Å²) in [7, 11) is 1.66. The van der Waals surface area contributed by atoms with Crippen molar-refractivity contribution in [3.8, 4) is 16.9 Å². The van der Waals surface area contributed by atoms with E-state index in [4.69, 9.17) is 4.74 Å². The van der Waals surface area contributed by atoms with Gasteiger partial charge in [-0.2, -0.15) is 0 Å². The number of benzene rings is 2. The molecule has 1 heterocycles. The second-order valence-electron chi connectivity index (χ2n) is 11.8. The van der Waals surface area contributed by atoms with Gasteiger partial charge in [-0.1, -0.05) is 45.9 Å². The number of pyridine rings is 1. The van der Waals surface area contributed by atoms with Crippen molar-refractivity contribution in [3.63, 3.8) is 0 Å². The lowest BCUT2D eigenvalue weighted by Gasteiger charge is -2.34. The van der Waals surface area contributed by atoms with Gasteiger partial charge in [0.15, 0.2) is 0 Å². The number of nitrogens with zero attached hydrogens (tertiary/aromatic N) is 2. The molecule has 0 unspecified atom stereocenters. The first-order valence-electron chi connectivity index (χ1n) is 14.6. The van der Waals surface area contributed by atoms with Gasteiger partial charge >= 0.3 is 0 Å². The first-order valence-corrected chi connectivity index (χ1v) is 14.6. The minimum absolute atomic E-state index is 0.115. The average molecular weight is 532 g/mol. The van der Waals surface area contributed by atoms with Gasteiger partial charge in [-0.25, -0.2) is 0 Å². The molecule has 6 nitrogen and oxygen atoms in total. The first kappa shape index (κ1) is 28.9. The van der Waals surface area contributed by atoms with Crippen LogP contribution in [0.2, 0.25) is 0 Å². The number of hydrogen-bond acceptors (Lipinski definition) is 4. The monoisotopic (exact) mass is 531 g/mol. The Labute approximate surface area is 233 Å². The normalized spacial score (nSPS) is 15.5. The quantitative estimate of drug-likeness (QED) is 0.307. The fraction of sp³-hybridized carbons (Fsp3) is 0.515. The van der Waals surface area contributed by atoms with Crippen molar-refractivity contribution in [2.75, 3.05) is 26.7 Å². The molecule has 1 aliphatic carbocycles. The van der Waals surface area contributed by atoms with Gasteiger partial charge in [0.25, 0.3) is 11.5 Å². The predicted octanol–water partition coefficient (Wildman–Crippen LogP) is 6.50. The van der Waals surface area contributed by atoms with Crippen LogP contribution < -0.4 is 15.6 Å². The standard InChI is InChI=1S/C33H45N3O3/c1-6-18-35(19-7-2)20-21-36-30-13-10-25(24-8-11-28(39-5)12-9-24)22-26(30)23-29(32(36)38)31(37)34-27-14-16-33(3,4)17-15-27/h8-13,22-23,27H,6-7,14-21H2,1-5H3,(H,34,37). The summed E-state index contributed by atoms with van der Waals surface area (Å²) in [6.07, 6.45) is 6.20. The molecule has 1 aliphatic rings. The van der Waals surface area contributed by atoms with E-state index in [9.17, 15) is 9.59 Å². The van der Waals surface area contributed by atoms with Crippen molar-refractivity contribution in [3.05, 3.63) is 64.4 Å². The third kappa shape index (κ3) is 7.10. The molecule has 1 N–H and O–H groups in total. The fourth-order valence-corrected chi connectivity index (χ4v) is 5.75. The lowest BCUT2D eigenvalue weighted by molar-refractivity contribution is 0.0907. The van der Waals surface area contributed by atoms with Gasteiger partial charge in [0.05, 0.1) is 12.6 Å². The highest BCUT2D eigenvalue weighted by Crippen LogP contribution is 2.35. The average Bonchev–Trinajstić information content (AvgIpc) is 2.93. The smallest absolute Gasteiger partial charge is 0.263 e. The van der Waals surface area contributed by atoms with Crippen LogP contribution in [0.5, 0.6) is 5.75 Å². The summed E-state index contributed by atoms with van der Waals surface area (Å²) < 4.78 is 7.12. The summed E-state index contributed by atoms with van der Waals surface area (Å²) >= 11 is 0. The van der Waals surface area contributed by atoms with Crippen LogP contribution in [0.1, 0.15) is 76.6 Å². The fourth-order valence-electron chi connectivity index (χ4n) is 5.75. The Morgan fingerprint density at radius 1 is 0.974 bits per heavy atom. The number of rotatable bonds is 11. The SMILES string of the molecule is CCCN(CCC)CCn1c(=O)c(C(=O)NC2CCC(C)(C)CC2)cc2cc(-c3ccc(OC)cc3)ccc21. The molecule has 0 radical (unpaired) electrons. The molecule has 1 aromatic heterocycles. The van der Waals surface area contributed by atoms with Crippen LogP contribution in [0.25, 0.3) is 22.0 Å². The number of methoxy groups -OCH3 is 1. The van der Waals surface area contributed by atoms with E-state index in [1.54, 1.807) is 13.2 Å². The summed E-state index contributed by atoms with van der Waals surface area (Å²) in [6, 6.07) is 16.0. The van der Waals surface area contributed by atoms with Crippen molar-refractivity contribution in [1.82, 2.24) is 14.8 Å². The highest BCUT2D eigenvalue weighted by molar-refractivity contribution is 5.98. The number of ether oxygens (including phenoxy) is 1. The van der Waals surface area contributed by atoms with Crippen molar-refractivity contribution >= 4 is 16.8 Å². The van der Waals surface area contributed by atoms with Crippen LogP contribution in [-0.2, 0) is 6.54 Å². The highest BCUT2D eigenvalue weighted by Gasteiger charge is 2.28. The molecule has 1 fully saturated rings. The van der Waals surface area contributed by atoms with Crippen LogP contribution >= 0.6 is 0 Å². The number of nitrogens with one attached hydrogen (secondary N) is 1. The van der Waals surface area contributed by atoms with Crippen LogP contribution in [0.3, 0.4) is 0 Å². The molecule has 0 saturated heterocycles. The molecule has 0 aliphatic heterocycles. The van der Waals surface area contributed by atoms with E-state index < -0.39 is 0 Å². The molecular formula is C33H45N3O3. The van der Waals surface area contributed by atoms with Crippen molar-refractivity contribution in [1.29, 1.82) is 0 Å². The minimum atomic E-state index is -0.255. The Morgan fingerprint density at radius 3 is 2.23 bits per heavy atom. The van der Waals surface area contributed by atoms with E-state index in [-0.39, 0.29) is 23.1 Å². The maximum atomic E-state index is 13.8. The van der Waals surface area contributed by atoms with Crippen molar-refractivity contribution in [2.24, 2.45) is 5.41 Å². The summed E-state index contributed by atoms with van der Waals surface area (Å²) in [5.74, 6) is 0.552. The predicted molar refractivity (Wildman–Crippen MR) is 161 cm³/mol. The molecule has 1 saturated carbocycles. The number of fused-ring (bicyclic) bond motifs is 1. The van der Waals surface area contributed by atoms with Crippen molar-refractivity contribution < 1.29 is 9.53 Å². The van der Waals surface area contributed by atoms with E-state index in [1.807, 2.05) is 34.9 Å². The van der Waals surface area contributed by atoms with Crippen LogP contribution in [0.4, 0.5) is 0 Å². The van der Waals surface area contributed by atoms with E-state index in [0.717, 1.165) is 85.9 Å². The molecule has 1 amide bonds. The Balaban J connectivity index is 1.70.